The van der Waals surface area contributed by atoms with E-state index >= 15 is 0 Å². The van der Waals surface area contributed by atoms with Gasteiger partial charge in [0.05, 0.1) is 10.4 Å². The van der Waals surface area contributed by atoms with E-state index in [0.717, 1.165) is 12.8 Å². The Kier molecular flexibility index (Phi) is 4.16. The van der Waals surface area contributed by atoms with Gasteiger partial charge < -0.3 is 5.73 Å². The van der Waals surface area contributed by atoms with Gasteiger partial charge in [-0.3, -0.25) is 4.98 Å². The molecule has 0 radical (unpaired) electrons. The molecule has 2 aromatic rings. The number of fused-ring (bicyclic) bond motifs is 1. The molecule has 118 valence electrons. The van der Waals surface area contributed by atoms with Crippen LogP contribution in [0.5, 0.6) is 0 Å². The number of hydrogen-bond acceptors (Lipinski definition) is 4. The molecule has 5 nitrogen and oxygen atoms in total. The van der Waals surface area contributed by atoms with Crippen molar-refractivity contribution in [3.05, 3.63) is 36.5 Å². The van der Waals surface area contributed by atoms with Crippen molar-refractivity contribution >= 4 is 20.9 Å². The van der Waals surface area contributed by atoms with E-state index in [4.69, 9.17) is 5.73 Å². The molecule has 0 bridgehead atoms. The second kappa shape index (κ2) is 5.95. The lowest BCUT2D eigenvalue weighted by Gasteiger charge is -2.38. The van der Waals surface area contributed by atoms with E-state index in [2.05, 4.69) is 11.9 Å². The highest BCUT2D eigenvalue weighted by Gasteiger charge is 2.37. The number of pyridine rings is 1. The second-order valence-electron chi connectivity index (χ2n) is 5.86. The predicted octanol–water partition coefficient (Wildman–Crippen LogP) is 1.98. The maximum Gasteiger partial charge on any atom is 0.244 e. The summed E-state index contributed by atoms with van der Waals surface area (Å²) in [5.41, 5.74) is 6.55. The minimum atomic E-state index is -3.57. The van der Waals surface area contributed by atoms with Gasteiger partial charge in [0, 0.05) is 30.7 Å². The van der Waals surface area contributed by atoms with E-state index in [-0.39, 0.29) is 12.0 Å². The summed E-state index contributed by atoms with van der Waals surface area (Å²) in [6.45, 7) is 2.96. The largest absolute Gasteiger partial charge is 0.329 e. The van der Waals surface area contributed by atoms with Crippen molar-refractivity contribution in [2.24, 2.45) is 11.7 Å². The van der Waals surface area contributed by atoms with Crippen LogP contribution in [0.25, 0.3) is 10.9 Å². The van der Waals surface area contributed by atoms with Crippen LogP contribution in [0.1, 0.15) is 19.8 Å². The van der Waals surface area contributed by atoms with Crippen molar-refractivity contribution in [2.75, 3.05) is 13.1 Å². The zero-order valence-corrected chi connectivity index (χ0v) is 13.5. The molecule has 0 saturated carbocycles. The number of aromatic nitrogens is 1. The molecule has 3 rings (SSSR count). The van der Waals surface area contributed by atoms with Crippen molar-refractivity contribution < 1.29 is 8.42 Å². The monoisotopic (exact) mass is 319 g/mol. The highest BCUT2D eigenvalue weighted by atomic mass is 32.2. The Hall–Kier alpha value is -1.50. The fraction of sp³-hybridized carbons (Fsp3) is 0.438. The molecule has 1 aliphatic rings. The third-order valence-electron chi connectivity index (χ3n) is 4.50. The summed E-state index contributed by atoms with van der Waals surface area (Å²) in [4.78, 5) is 4.57. The summed E-state index contributed by atoms with van der Waals surface area (Å²) >= 11 is 0. The van der Waals surface area contributed by atoms with E-state index in [0.29, 0.717) is 28.9 Å². The summed E-state index contributed by atoms with van der Waals surface area (Å²) in [5.74, 6) is 0.279. The topological polar surface area (TPSA) is 76.3 Å². The standard InChI is InChI=1S/C16H21N3O2S/c1-12-5-4-10-19(15(12)11-17)22(20,21)16-8-2-7-14-13(16)6-3-9-18-14/h2-3,6-9,12,15H,4-5,10-11,17H2,1H3/t12-,15-/m0/s1. The molecular formula is C16H21N3O2S. The molecule has 2 atom stereocenters. The third-order valence-corrected chi connectivity index (χ3v) is 6.48. The van der Waals surface area contributed by atoms with Crippen LogP contribution in [0.15, 0.2) is 41.4 Å². The Morgan fingerprint density at radius 3 is 2.91 bits per heavy atom. The first kappa shape index (κ1) is 15.4. The van der Waals surface area contributed by atoms with Crippen LogP contribution in [-0.2, 0) is 10.0 Å². The minimum absolute atomic E-state index is 0.134. The van der Waals surface area contributed by atoms with Crippen molar-refractivity contribution in [2.45, 2.75) is 30.7 Å². The van der Waals surface area contributed by atoms with Gasteiger partial charge >= 0.3 is 0 Å². The number of benzene rings is 1. The van der Waals surface area contributed by atoms with Gasteiger partial charge in [-0.25, -0.2) is 8.42 Å². The van der Waals surface area contributed by atoms with Gasteiger partial charge in [-0.2, -0.15) is 4.31 Å². The van der Waals surface area contributed by atoms with E-state index in [1.165, 1.54) is 0 Å². The predicted molar refractivity (Wildman–Crippen MR) is 86.9 cm³/mol. The number of nitrogens with zero attached hydrogens (tertiary/aromatic N) is 2. The zero-order valence-electron chi connectivity index (χ0n) is 12.6. The Labute approximate surface area is 131 Å². The van der Waals surface area contributed by atoms with E-state index < -0.39 is 10.0 Å². The van der Waals surface area contributed by atoms with Crippen molar-refractivity contribution in [3.63, 3.8) is 0 Å². The Bertz CT molecular complexity index is 771. The normalized spacial score (nSPS) is 23.7. The quantitative estimate of drug-likeness (QED) is 0.938. The number of piperidine rings is 1. The molecule has 2 heterocycles. The number of rotatable bonds is 3. The summed E-state index contributed by atoms with van der Waals surface area (Å²) in [5, 5.41) is 0.666. The molecule has 1 saturated heterocycles. The van der Waals surface area contributed by atoms with E-state index in [1.807, 2.05) is 6.07 Å². The third kappa shape index (κ3) is 2.51. The lowest BCUT2D eigenvalue weighted by molar-refractivity contribution is 0.192. The van der Waals surface area contributed by atoms with Gasteiger partial charge in [0.2, 0.25) is 10.0 Å². The SMILES string of the molecule is C[C@H]1CCCN(S(=O)(=O)c2cccc3ncccc23)[C@H]1CN. The van der Waals surface area contributed by atoms with Crippen LogP contribution in [0, 0.1) is 5.92 Å². The average molecular weight is 319 g/mol. The summed E-state index contributed by atoms with van der Waals surface area (Å²) in [6.07, 6.45) is 3.56. The Balaban J connectivity index is 2.12. The Morgan fingerprint density at radius 1 is 1.32 bits per heavy atom. The van der Waals surface area contributed by atoms with Gasteiger partial charge in [-0.15, -0.1) is 0 Å². The molecule has 22 heavy (non-hydrogen) atoms. The highest BCUT2D eigenvalue weighted by Crippen LogP contribution is 2.31. The lowest BCUT2D eigenvalue weighted by Crippen LogP contribution is -2.51. The first-order valence-electron chi connectivity index (χ1n) is 7.61. The smallest absolute Gasteiger partial charge is 0.244 e. The lowest BCUT2D eigenvalue weighted by atomic mass is 9.93. The molecule has 0 spiro atoms. The van der Waals surface area contributed by atoms with Crippen molar-refractivity contribution in [1.29, 1.82) is 0 Å². The molecule has 2 N–H and O–H groups in total. The molecule has 1 aromatic heterocycles. The molecular weight excluding hydrogens is 298 g/mol. The molecule has 0 amide bonds. The summed E-state index contributed by atoms with van der Waals surface area (Å²) in [6, 6.07) is 8.67. The van der Waals surface area contributed by atoms with Crippen molar-refractivity contribution in [3.8, 4) is 0 Å². The Morgan fingerprint density at radius 2 is 2.14 bits per heavy atom. The fourth-order valence-corrected chi connectivity index (χ4v) is 5.26. The summed E-state index contributed by atoms with van der Waals surface area (Å²) < 4.78 is 27.9. The molecule has 0 aliphatic carbocycles. The molecule has 1 aromatic carbocycles. The van der Waals surface area contributed by atoms with Gasteiger partial charge in [0.25, 0.3) is 0 Å². The van der Waals surface area contributed by atoms with E-state index in [1.54, 1.807) is 34.8 Å². The van der Waals surface area contributed by atoms with Gasteiger partial charge in [-0.1, -0.05) is 13.0 Å². The summed E-state index contributed by atoms with van der Waals surface area (Å²) in [7, 11) is -3.57. The number of sulfonamides is 1. The first-order valence-corrected chi connectivity index (χ1v) is 9.05. The van der Waals surface area contributed by atoms with E-state index in [9.17, 15) is 8.42 Å². The second-order valence-corrected chi connectivity index (χ2v) is 7.72. The highest BCUT2D eigenvalue weighted by molar-refractivity contribution is 7.89. The van der Waals surface area contributed by atoms with Gasteiger partial charge in [0.1, 0.15) is 0 Å². The van der Waals surface area contributed by atoms with Crippen LogP contribution < -0.4 is 5.73 Å². The van der Waals surface area contributed by atoms with Crippen LogP contribution in [0.4, 0.5) is 0 Å². The molecule has 6 heteroatoms. The number of hydrogen-bond donors (Lipinski definition) is 1. The van der Waals surface area contributed by atoms with Crippen LogP contribution in [-0.4, -0.2) is 36.8 Å². The molecule has 1 fully saturated rings. The molecule has 0 unspecified atom stereocenters. The average Bonchev–Trinajstić information content (AvgIpc) is 2.54. The fourth-order valence-electron chi connectivity index (χ4n) is 3.29. The van der Waals surface area contributed by atoms with Crippen LogP contribution in [0.3, 0.4) is 0 Å². The zero-order chi connectivity index (χ0) is 15.7. The van der Waals surface area contributed by atoms with Crippen molar-refractivity contribution in [1.82, 2.24) is 9.29 Å². The van der Waals surface area contributed by atoms with Crippen LogP contribution >= 0.6 is 0 Å². The van der Waals surface area contributed by atoms with Gasteiger partial charge in [0.15, 0.2) is 0 Å². The molecule has 1 aliphatic heterocycles. The maximum atomic E-state index is 13.2. The minimum Gasteiger partial charge on any atom is -0.329 e. The van der Waals surface area contributed by atoms with Gasteiger partial charge in [-0.05, 0) is 43.0 Å². The first-order chi connectivity index (χ1) is 10.6. The number of nitrogens with two attached hydrogens (primary N) is 1. The maximum absolute atomic E-state index is 13.2. The van der Waals surface area contributed by atoms with Crippen LogP contribution in [0.2, 0.25) is 0 Å².